The Morgan fingerprint density at radius 2 is 1.86 bits per heavy atom. The third-order valence-electron chi connectivity index (χ3n) is 5.11. The Kier molecular flexibility index (Phi) is 5.59. The lowest BCUT2D eigenvalue weighted by molar-refractivity contribution is 0.416. The van der Waals surface area contributed by atoms with E-state index in [1.807, 2.05) is 42.6 Å². The molecule has 0 bridgehead atoms. The van der Waals surface area contributed by atoms with Gasteiger partial charge in [0.1, 0.15) is 5.75 Å². The van der Waals surface area contributed by atoms with Crippen LogP contribution >= 0.6 is 11.6 Å². The molecule has 0 aliphatic heterocycles. The van der Waals surface area contributed by atoms with Gasteiger partial charge in [0.05, 0.1) is 7.11 Å². The van der Waals surface area contributed by atoms with Gasteiger partial charge in [-0.3, -0.25) is 0 Å². The highest BCUT2D eigenvalue weighted by Crippen LogP contribution is 2.30. The fraction of sp³-hybridized carbons (Fsp3) is 0.120. The van der Waals surface area contributed by atoms with E-state index in [4.69, 9.17) is 16.3 Å². The minimum absolute atomic E-state index is 0.755. The second-order valence-electron chi connectivity index (χ2n) is 6.94. The summed E-state index contributed by atoms with van der Waals surface area (Å²) in [4.78, 5) is 3.30. The molecule has 0 radical (unpaired) electrons. The summed E-state index contributed by atoms with van der Waals surface area (Å²) < 4.78 is 5.46. The lowest BCUT2D eigenvalue weighted by atomic mass is 10.0. The van der Waals surface area contributed by atoms with Crippen molar-refractivity contribution < 1.29 is 4.74 Å². The topological polar surface area (TPSA) is 37.0 Å². The molecule has 4 rings (SSSR count). The molecule has 2 N–H and O–H groups in total. The number of H-pyrrole nitrogens is 1. The number of aromatic amines is 1. The smallest absolute Gasteiger partial charge is 0.126 e. The highest BCUT2D eigenvalue weighted by molar-refractivity contribution is 6.31. The van der Waals surface area contributed by atoms with Gasteiger partial charge < -0.3 is 15.0 Å². The van der Waals surface area contributed by atoms with Gasteiger partial charge in [-0.1, -0.05) is 60.6 Å². The Morgan fingerprint density at radius 3 is 2.66 bits per heavy atom. The first kappa shape index (κ1) is 19.2. The molecule has 0 atom stereocenters. The van der Waals surface area contributed by atoms with Crippen LogP contribution in [0.1, 0.15) is 11.1 Å². The highest BCUT2D eigenvalue weighted by atomic mass is 35.5. The van der Waals surface area contributed by atoms with Crippen LogP contribution in [0.5, 0.6) is 5.75 Å². The molecule has 0 spiro atoms. The number of hydrogen-bond acceptors (Lipinski definition) is 2. The van der Waals surface area contributed by atoms with Crippen LogP contribution in [0.4, 0.5) is 0 Å². The van der Waals surface area contributed by atoms with E-state index >= 15 is 0 Å². The predicted molar refractivity (Wildman–Crippen MR) is 122 cm³/mol. The summed E-state index contributed by atoms with van der Waals surface area (Å²) >= 11 is 6.14. The molecule has 0 aliphatic carbocycles. The largest absolute Gasteiger partial charge is 0.496 e. The van der Waals surface area contributed by atoms with E-state index < -0.39 is 0 Å². The molecule has 0 saturated heterocycles. The number of para-hydroxylation sites is 1. The number of ether oxygens (including phenoxy) is 1. The second-order valence-corrected chi connectivity index (χ2v) is 7.37. The quantitative estimate of drug-likeness (QED) is 0.380. The molecule has 0 unspecified atom stereocenters. The molecule has 3 aromatic carbocycles. The molecule has 0 saturated carbocycles. The van der Waals surface area contributed by atoms with Gasteiger partial charge >= 0.3 is 0 Å². The molecular weight excluding hydrogens is 380 g/mol. The first-order valence-electron chi connectivity index (χ1n) is 9.58. The third kappa shape index (κ3) is 4.15. The van der Waals surface area contributed by atoms with Crippen molar-refractivity contribution in [1.29, 1.82) is 0 Å². The number of halogens is 1. The van der Waals surface area contributed by atoms with Crippen molar-refractivity contribution in [2.24, 2.45) is 0 Å². The van der Waals surface area contributed by atoms with E-state index in [0.717, 1.165) is 51.6 Å². The summed E-state index contributed by atoms with van der Waals surface area (Å²) in [6.45, 7) is 4.99. The van der Waals surface area contributed by atoms with Crippen LogP contribution in [-0.2, 0) is 6.42 Å². The molecule has 0 aliphatic rings. The fourth-order valence-corrected chi connectivity index (χ4v) is 3.71. The Morgan fingerprint density at radius 1 is 1.07 bits per heavy atom. The average Bonchev–Trinajstić information content (AvgIpc) is 3.15. The molecule has 146 valence electrons. The Bertz CT molecular complexity index is 1150. The monoisotopic (exact) mass is 402 g/mol. The van der Waals surface area contributed by atoms with Gasteiger partial charge in [-0.05, 0) is 47.4 Å². The van der Waals surface area contributed by atoms with E-state index in [1.165, 1.54) is 10.9 Å². The van der Waals surface area contributed by atoms with Crippen LogP contribution in [0.2, 0.25) is 5.02 Å². The van der Waals surface area contributed by atoms with E-state index in [0.29, 0.717) is 0 Å². The van der Waals surface area contributed by atoms with Gasteiger partial charge in [-0.2, -0.15) is 0 Å². The minimum atomic E-state index is 0.755. The number of methoxy groups -OCH3 is 1. The van der Waals surface area contributed by atoms with Gasteiger partial charge in [0.2, 0.25) is 0 Å². The number of benzene rings is 3. The van der Waals surface area contributed by atoms with Crippen molar-refractivity contribution in [3.05, 3.63) is 95.7 Å². The summed E-state index contributed by atoms with van der Waals surface area (Å²) in [5, 5.41) is 5.36. The average molecular weight is 403 g/mol. The lowest BCUT2D eigenvalue weighted by Crippen LogP contribution is -2.14. The van der Waals surface area contributed by atoms with Gasteiger partial charge in [0, 0.05) is 39.9 Å². The van der Waals surface area contributed by atoms with E-state index in [9.17, 15) is 0 Å². The van der Waals surface area contributed by atoms with Crippen molar-refractivity contribution in [1.82, 2.24) is 10.3 Å². The first-order chi connectivity index (χ1) is 14.2. The van der Waals surface area contributed by atoms with Crippen LogP contribution in [0, 0.1) is 0 Å². The maximum absolute atomic E-state index is 6.14. The molecule has 0 amide bonds. The van der Waals surface area contributed by atoms with Gasteiger partial charge in [-0.15, -0.1) is 0 Å². The number of nitrogens with one attached hydrogen (secondary N) is 2. The van der Waals surface area contributed by atoms with Gasteiger partial charge in [-0.25, -0.2) is 0 Å². The third-order valence-corrected chi connectivity index (χ3v) is 5.35. The SMILES string of the molecule is C=C(NCCc1c[nH]c2ccc(Cl)cc12)c1ccc(-c2ccccc2OC)cc1. The van der Waals surface area contributed by atoms with Crippen molar-refractivity contribution in [2.45, 2.75) is 6.42 Å². The Hall–Kier alpha value is -3.17. The zero-order valence-electron chi connectivity index (χ0n) is 16.3. The summed E-state index contributed by atoms with van der Waals surface area (Å²) in [6.07, 6.45) is 2.94. The van der Waals surface area contributed by atoms with Crippen LogP contribution in [0.3, 0.4) is 0 Å². The van der Waals surface area contributed by atoms with Gasteiger partial charge in [0.15, 0.2) is 0 Å². The van der Waals surface area contributed by atoms with Crippen molar-refractivity contribution >= 4 is 28.2 Å². The number of hydrogen-bond donors (Lipinski definition) is 2. The van der Waals surface area contributed by atoms with Crippen LogP contribution in [-0.4, -0.2) is 18.6 Å². The lowest BCUT2D eigenvalue weighted by Gasteiger charge is -2.12. The van der Waals surface area contributed by atoms with Crippen molar-refractivity contribution in [3.8, 4) is 16.9 Å². The maximum atomic E-state index is 6.14. The molecule has 3 nitrogen and oxygen atoms in total. The van der Waals surface area contributed by atoms with Crippen molar-refractivity contribution in [2.75, 3.05) is 13.7 Å². The van der Waals surface area contributed by atoms with E-state index in [-0.39, 0.29) is 0 Å². The zero-order valence-corrected chi connectivity index (χ0v) is 17.1. The number of rotatable bonds is 7. The standard InChI is InChI=1S/C25H23ClN2O/c1-17(27-14-13-20-16-28-24-12-11-21(26)15-23(20)24)18-7-9-19(10-8-18)22-5-3-4-6-25(22)29-2/h3-12,15-16,27-28H,1,13-14H2,2H3. The summed E-state index contributed by atoms with van der Waals surface area (Å²) in [6, 6.07) is 22.3. The van der Waals surface area contributed by atoms with Crippen LogP contribution < -0.4 is 10.1 Å². The number of fused-ring (bicyclic) bond motifs is 1. The summed E-state index contributed by atoms with van der Waals surface area (Å²) in [7, 11) is 1.70. The fourth-order valence-electron chi connectivity index (χ4n) is 3.54. The molecule has 1 aromatic heterocycles. The summed E-state index contributed by atoms with van der Waals surface area (Å²) in [5.74, 6) is 0.871. The molecule has 1 heterocycles. The van der Waals surface area contributed by atoms with E-state index in [2.05, 4.69) is 47.2 Å². The number of aromatic nitrogens is 1. The van der Waals surface area contributed by atoms with E-state index in [1.54, 1.807) is 7.11 Å². The second kappa shape index (κ2) is 8.46. The normalized spacial score (nSPS) is 10.8. The maximum Gasteiger partial charge on any atom is 0.126 e. The Labute approximate surface area is 176 Å². The minimum Gasteiger partial charge on any atom is -0.496 e. The molecule has 0 fully saturated rings. The molecule has 4 aromatic rings. The Balaban J connectivity index is 1.40. The van der Waals surface area contributed by atoms with Crippen molar-refractivity contribution in [3.63, 3.8) is 0 Å². The van der Waals surface area contributed by atoms with Gasteiger partial charge in [0.25, 0.3) is 0 Å². The molecule has 29 heavy (non-hydrogen) atoms. The summed E-state index contributed by atoms with van der Waals surface area (Å²) in [5.41, 5.74) is 6.54. The predicted octanol–water partition coefficient (Wildman–Crippen LogP) is 6.30. The highest BCUT2D eigenvalue weighted by Gasteiger charge is 2.07. The van der Waals surface area contributed by atoms with Crippen LogP contribution in [0.15, 0.2) is 79.5 Å². The first-order valence-corrected chi connectivity index (χ1v) is 9.95. The zero-order chi connectivity index (χ0) is 20.2. The molecular formula is C25H23ClN2O. The molecule has 4 heteroatoms. The van der Waals surface area contributed by atoms with Crippen LogP contribution in [0.25, 0.3) is 27.7 Å².